The van der Waals surface area contributed by atoms with Gasteiger partial charge in [-0.05, 0) is 86.4 Å². The lowest BCUT2D eigenvalue weighted by Gasteiger charge is -2.43. The molecule has 2 atom stereocenters. The minimum absolute atomic E-state index is 0.00455. The van der Waals surface area contributed by atoms with Crippen LogP contribution in [0.5, 0.6) is 0 Å². The first-order valence-corrected chi connectivity index (χ1v) is 14.3. The highest BCUT2D eigenvalue weighted by atomic mass is 19.4. The van der Waals surface area contributed by atoms with Gasteiger partial charge in [-0.1, -0.05) is 5.10 Å². The third-order valence-corrected chi connectivity index (χ3v) is 7.29. The molecule has 47 heavy (non-hydrogen) atoms. The number of tetrazole rings is 1. The Bertz CT molecular complexity index is 1520. The van der Waals surface area contributed by atoms with Crippen molar-refractivity contribution < 1.29 is 53.8 Å². The summed E-state index contributed by atoms with van der Waals surface area (Å²) in [6.45, 7) is 4.52. The Morgan fingerprint density at radius 1 is 0.957 bits per heavy atom. The van der Waals surface area contributed by atoms with Gasteiger partial charge in [0.15, 0.2) is 0 Å². The van der Waals surface area contributed by atoms with Gasteiger partial charge in [0.25, 0.3) is 5.95 Å². The SMILES string of the molecule is COCCCn1nnc(N(Cc2cc(C(F)(F)F)cc(C(F)(F)F)c2)C2CC(C)N(C(=O)OC(C)C)c3ccc(C(F)(F)F)cc32)n1. The highest BCUT2D eigenvalue weighted by molar-refractivity contribution is 5.90. The number of halogens is 9. The Kier molecular flexibility index (Phi) is 10.3. The van der Waals surface area contributed by atoms with Crippen LogP contribution in [0.15, 0.2) is 36.4 Å². The van der Waals surface area contributed by atoms with Crippen LogP contribution < -0.4 is 9.80 Å². The average Bonchev–Trinajstić information content (AvgIpc) is 3.42. The number of ether oxygens (including phenoxy) is 2. The normalized spacial score (nSPS) is 17.2. The lowest BCUT2D eigenvalue weighted by molar-refractivity contribution is -0.143. The number of benzene rings is 2. The Morgan fingerprint density at radius 3 is 2.13 bits per heavy atom. The van der Waals surface area contributed by atoms with Crippen molar-refractivity contribution in [2.75, 3.05) is 23.5 Å². The molecular weight excluding hydrogens is 651 g/mol. The van der Waals surface area contributed by atoms with Gasteiger partial charge in [0, 0.05) is 26.3 Å². The number of fused-ring (bicyclic) bond motifs is 1. The zero-order valence-electron chi connectivity index (χ0n) is 25.5. The monoisotopic (exact) mass is 682 g/mol. The number of aryl methyl sites for hydroxylation is 1. The van der Waals surface area contributed by atoms with Gasteiger partial charge in [0.05, 0.1) is 41.1 Å². The number of carbonyl (C=O) groups excluding carboxylic acids is 1. The number of rotatable bonds is 9. The summed E-state index contributed by atoms with van der Waals surface area (Å²) < 4.78 is 135. The van der Waals surface area contributed by atoms with E-state index in [9.17, 15) is 44.3 Å². The van der Waals surface area contributed by atoms with Gasteiger partial charge >= 0.3 is 24.6 Å². The second-order valence-corrected chi connectivity index (χ2v) is 11.2. The van der Waals surface area contributed by atoms with Crippen LogP contribution in [0.1, 0.15) is 67.5 Å². The fourth-order valence-electron chi connectivity index (χ4n) is 5.26. The number of methoxy groups -OCH3 is 1. The predicted octanol–water partition coefficient (Wildman–Crippen LogP) is 7.66. The van der Waals surface area contributed by atoms with Gasteiger partial charge in [-0.2, -0.15) is 44.3 Å². The van der Waals surface area contributed by atoms with Crippen molar-refractivity contribution >= 4 is 17.7 Å². The molecule has 0 saturated carbocycles. The van der Waals surface area contributed by atoms with E-state index in [0.717, 1.165) is 27.9 Å². The zero-order chi connectivity index (χ0) is 34.9. The maximum atomic E-state index is 13.9. The second kappa shape index (κ2) is 13.6. The van der Waals surface area contributed by atoms with Crippen molar-refractivity contribution in [1.82, 2.24) is 20.2 Å². The Labute approximate surface area is 263 Å². The molecule has 1 amide bonds. The van der Waals surface area contributed by atoms with Crippen molar-refractivity contribution in [3.63, 3.8) is 0 Å². The summed E-state index contributed by atoms with van der Waals surface area (Å²) >= 11 is 0. The van der Waals surface area contributed by atoms with Crippen molar-refractivity contribution in [3.8, 4) is 0 Å². The predicted molar refractivity (Wildman–Crippen MR) is 149 cm³/mol. The molecule has 2 unspecified atom stereocenters. The van der Waals surface area contributed by atoms with Crippen LogP contribution in [0.2, 0.25) is 0 Å². The fourth-order valence-corrected chi connectivity index (χ4v) is 5.26. The molecule has 0 bridgehead atoms. The van der Waals surface area contributed by atoms with Gasteiger partial charge in [-0.15, -0.1) is 5.10 Å². The molecule has 1 aliphatic heterocycles. The van der Waals surface area contributed by atoms with E-state index in [1.54, 1.807) is 20.8 Å². The molecule has 9 nitrogen and oxygen atoms in total. The summed E-state index contributed by atoms with van der Waals surface area (Å²) in [5, 5.41) is 12.1. The molecule has 0 fully saturated rings. The van der Waals surface area contributed by atoms with E-state index in [1.165, 1.54) is 12.0 Å². The number of hydrogen-bond donors (Lipinski definition) is 0. The molecule has 0 N–H and O–H groups in total. The summed E-state index contributed by atoms with van der Waals surface area (Å²) in [7, 11) is 1.46. The number of aromatic nitrogens is 4. The Morgan fingerprint density at radius 2 is 1.57 bits per heavy atom. The van der Waals surface area contributed by atoms with E-state index in [0.29, 0.717) is 25.2 Å². The molecule has 0 aliphatic carbocycles. The van der Waals surface area contributed by atoms with E-state index in [4.69, 9.17) is 9.47 Å². The second-order valence-electron chi connectivity index (χ2n) is 11.2. The summed E-state index contributed by atoms with van der Waals surface area (Å²) in [6.07, 6.45) is -16.3. The van der Waals surface area contributed by atoms with E-state index in [2.05, 4.69) is 15.4 Å². The first-order valence-electron chi connectivity index (χ1n) is 14.3. The van der Waals surface area contributed by atoms with Crippen LogP contribution in [0.4, 0.5) is 55.9 Å². The summed E-state index contributed by atoms with van der Waals surface area (Å²) in [4.78, 5) is 16.6. The molecule has 0 saturated heterocycles. The van der Waals surface area contributed by atoms with Crippen molar-refractivity contribution in [2.24, 2.45) is 0 Å². The van der Waals surface area contributed by atoms with Crippen LogP contribution in [0, 0.1) is 0 Å². The molecule has 0 radical (unpaired) electrons. The first-order chi connectivity index (χ1) is 21.8. The van der Waals surface area contributed by atoms with Gasteiger partial charge in [0.2, 0.25) is 0 Å². The Hall–Kier alpha value is -4.09. The van der Waals surface area contributed by atoms with Crippen LogP contribution in [0.3, 0.4) is 0 Å². The van der Waals surface area contributed by atoms with Crippen LogP contribution in [-0.2, 0) is 41.1 Å². The third kappa shape index (κ3) is 8.44. The van der Waals surface area contributed by atoms with Gasteiger partial charge < -0.3 is 14.4 Å². The third-order valence-electron chi connectivity index (χ3n) is 7.29. The molecule has 18 heteroatoms. The fraction of sp³-hybridized carbons (Fsp3) is 0.517. The first kappa shape index (κ1) is 35.8. The average molecular weight is 683 g/mol. The van der Waals surface area contributed by atoms with E-state index in [-0.39, 0.29) is 36.2 Å². The molecule has 2 heterocycles. The zero-order valence-corrected chi connectivity index (χ0v) is 25.5. The molecule has 1 aliphatic rings. The molecule has 3 aromatic rings. The van der Waals surface area contributed by atoms with Crippen molar-refractivity contribution in [3.05, 3.63) is 64.2 Å². The molecule has 1 aromatic heterocycles. The highest BCUT2D eigenvalue weighted by Crippen LogP contribution is 2.45. The number of nitrogens with zero attached hydrogens (tertiary/aromatic N) is 6. The maximum Gasteiger partial charge on any atom is 0.416 e. The molecular formula is C29H31F9N6O3. The summed E-state index contributed by atoms with van der Waals surface area (Å²) in [6, 6.07) is 1.71. The van der Waals surface area contributed by atoms with Crippen LogP contribution in [0.25, 0.3) is 0 Å². The molecule has 4 rings (SSSR count). The maximum absolute atomic E-state index is 13.9. The minimum Gasteiger partial charge on any atom is -0.446 e. The van der Waals surface area contributed by atoms with Crippen molar-refractivity contribution in [2.45, 2.75) is 83.4 Å². The van der Waals surface area contributed by atoms with Gasteiger partial charge in [0.1, 0.15) is 0 Å². The molecule has 258 valence electrons. The number of hydrogen-bond acceptors (Lipinski definition) is 7. The number of alkyl halides is 9. The quantitative estimate of drug-likeness (QED) is 0.169. The van der Waals surface area contributed by atoms with Crippen LogP contribution in [-0.4, -0.2) is 52.2 Å². The van der Waals surface area contributed by atoms with Gasteiger partial charge in [-0.25, -0.2) is 4.79 Å². The number of anilines is 2. The lowest BCUT2D eigenvalue weighted by atomic mass is 9.89. The van der Waals surface area contributed by atoms with Crippen molar-refractivity contribution in [1.29, 1.82) is 0 Å². The highest BCUT2D eigenvalue weighted by Gasteiger charge is 2.42. The minimum atomic E-state index is -5.14. The molecule has 0 spiro atoms. The standard InChI is InChI=1S/C29H31F9N6O3/c1-16(2)47-26(45)44-17(3)10-24(22-14-19(27(30,31)32)6-7-23(22)44)42(25-39-41-43(40-25)8-5-9-46-4)15-18-11-20(28(33,34)35)13-21(12-18)29(36,37)38/h6-7,11-14,16-17,24H,5,8-10,15H2,1-4H3. The summed E-state index contributed by atoms with van der Waals surface area (Å²) in [5.74, 6) is -0.271. The lowest BCUT2D eigenvalue weighted by Crippen LogP contribution is -2.47. The number of amides is 1. The Balaban J connectivity index is 1.91. The largest absolute Gasteiger partial charge is 0.446 e. The van der Waals surface area contributed by atoms with E-state index < -0.39 is 71.6 Å². The summed E-state index contributed by atoms with van der Waals surface area (Å²) in [5.41, 5.74) is -4.80. The molecule has 2 aromatic carbocycles. The van der Waals surface area contributed by atoms with E-state index in [1.807, 2.05) is 0 Å². The number of carbonyl (C=O) groups is 1. The van der Waals surface area contributed by atoms with Crippen LogP contribution >= 0.6 is 0 Å². The van der Waals surface area contributed by atoms with E-state index >= 15 is 0 Å². The topological polar surface area (TPSA) is 85.6 Å². The smallest absolute Gasteiger partial charge is 0.416 e. The van der Waals surface area contributed by atoms with Gasteiger partial charge in [-0.3, -0.25) is 4.90 Å².